The van der Waals surface area contributed by atoms with Crippen LogP contribution < -0.4 is 5.32 Å². The molecule has 2 fully saturated rings. The van der Waals surface area contributed by atoms with Crippen molar-refractivity contribution < 1.29 is 24.3 Å². The van der Waals surface area contributed by atoms with E-state index < -0.39 is 12.0 Å². The molecule has 0 saturated carbocycles. The minimum absolute atomic E-state index is 0.0265. The van der Waals surface area contributed by atoms with Crippen LogP contribution in [0.25, 0.3) is 0 Å². The minimum Gasteiger partial charge on any atom is -0.480 e. The molecule has 220 valence electrons. The summed E-state index contributed by atoms with van der Waals surface area (Å²) in [6.07, 6.45) is 3.27. The summed E-state index contributed by atoms with van der Waals surface area (Å²) < 4.78 is 0.941. The van der Waals surface area contributed by atoms with Crippen LogP contribution in [0.15, 0.2) is 58.9 Å². The Labute approximate surface area is 252 Å². The number of carboxylic acid groups (broad SMARTS) is 1. The highest BCUT2D eigenvalue weighted by Gasteiger charge is 2.30. The molecule has 10 nitrogen and oxygen atoms in total. The largest absolute Gasteiger partial charge is 0.480 e. The fraction of sp³-hybridized carbons (Fsp3) is 0.367. The number of thioether (sulfide) groups is 1. The normalized spacial score (nSPS) is 17.3. The van der Waals surface area contributed by atoms with Crippen molar-refractivity contribution in [3.8, 4) is 0 Å². The molecule has 2 saturated heterocycles. The van der Waals surface area contributed by atoms with Crippen molar-refractivity contribution in [3.05, 3.63) is 77.0 Å². The standard InChI is InChI=1S/C30H33N5O5S2/c1-20(36)33-12-14-34(15-13-33)28(38)24-5-2-4-22(16-24)19-41-26-17-31-30(42-26)32-27(37)23-9-7-21(8-10-23)18-35-11-3-6-25(35)29(39)40/h2,4-5,7-10,16-17,25H,3,6,11-15,18-19H2,1H3,(H,39,40)(H,31,32,37). The highest BCUT2D eigenvalue weighted by atomic mass is 32.2. The predicted octanol–water partition coefficient (Wildman–Crippen LogP) is 4.04. The maximum absolute atomic E-state index is 13.0. The quantitative estimate of drug-likeness (QED) is 0.350. The first-order chi connectivity index (χ1) is 20.3. The number of carbonyl (C=O) groups is 4. The first-order valence-corrected chi connectivity index (χ1v) is 15.7. The van der Waals surface area contributed by atoms with Crippen molar-refractivity contribution in [2.75, 3.05) is 38.0 Å². The summed E-state index contributed by atoms with van der Waals surface area (Å²) in [6, 6.07) is 14.4. The van der Waals surface area contributed by atoms with Crippen LogP contribution in [0.2, 0.25) is 0 Å². The molecular weight excluding hydrogens is 574 g/mol. The second-order valence-electron chi connectivity index (χ2n) is 10.4. The van der Waals surface area contributed by atoms with Crippen molar-refractivity contribution in [1.29, 1.82) is 0 Å². The number of piperazine rings is 1. The number of carboxylic acids is 1. The molecule has 1 atom stereocenters. The number of amides is 3. The highest BCUT2D eigenvalue weighted by Crippen LogP contribution is 2.31. The summed E-state index contributed by atoms with van der Waals surface area (Å²) in [6.45, 7) is 5.02. The number of nitrogens with zero attached hydrogens (tertiary/aromatic N) is 4. The number of thiazole rings is 1. The number of hydrogen-bond donors (Lipinski definition) is 2. The molecule has 2 aromatic carbocycles. The fourth-order valence-corrected chi connectivity index (χ4v) is 7.01. The molecule has 1 unspecified atom stereocenters. The maximum atomic E-state index is 13.0. The van der Waals surface area contributed by atoms with E-state index in [1.165, 1.54) is 11.3 Å². The second-order valence-corrected chi connectivity index (χ2v) is 12.7. The van der Waals surface area contributed by atoms with Gasteiger partial charge in [0, 0.05) is 56.5 Å². The van der Waals surface area contributed by atoms with Crippen LogP contribution in [0.1, 0.15) is 51.6 Å². The van der Waals surface area contributed by atoms with Gasteiger partial charge in [-0.3, -0.25) is 29.4 Å². The third-order valence-electron chi connectivity index (χ3n) is 7.52. The second kappa shape index (κ2) is 13.5. The van der Waals surface area contributed by atoms with Crippen LogP contribution >= 0.6 is 23.1 Å². The van der Waals surface area contributed by atoms with Crippen LogP contribution in [-0.4, -0.2) is 87.2 Å². The van der Waals surface area contributed by atoms with Crippen molar-refractivity contribution in [2.24, 2.45) is 0 Å². The summed E-state index contributed by atoms with van der Waals surface area (Å²) in [7, 11) is 0. The number of nitrogens with one attached hydrogen (secondary N) is 1. The SMILES string of the molecule is CC(=O)N1CCN(C(=O)c2cccc(CSc3cnc(NC(=O)c4ccc(CN5CCCC5C(=O)O)cc4)s3)c2)CC1. The minimum atomic E-state index is -0.787. The number of anilines is 1. The maximum Gasteiger partial charge on any atom is 0.320 e. The summed E-state index contributed by atoms with van der Waals surface area (Å²) in [5.74, 6) is -0.387. The van der Waals surface area contributed by atoms with Crippen molar-refractivity contribution >= 4 is 51.9 Å². The van der Waals surface area contributed by atoms with Crippen LogP contribution in [0.3, 0.4) is 0 Å². The van der Waals surface area contributed by atoms with Crippen molar-refractivity contribution in [3.63, 3.8) is 0 Å². The molecule has 2 aliphatic heterocycles. The van der Waals surface area contributed by atoms with E-state index in [0.717, 1.165) is 28.3 Å². The fourth-order valence-electron chi connectivity index (χ4n) is 5.20. The Morgan fingerprint density at radius 2 is 1.71 bits per heavy atom. The Morgan fingerprint density at radius 3 is 2.43 bits per heavy atom. The molecule has 0 bridgehead atoms. The zero-order chi connectivity index (χ0) is 29.6. The Kier molecular flexibility index (Phi) is 9.55. The van der Waals surface area contributed by atoms with Crippen LogP contribution in [0.4, 0.5) is 5.13 Å². The van der Waals surface area contributed by atoms with Gasteiger partial charge >= 0.3 is 5.97 Å². The van der Waals surface area contributed by atoms with Gasteiger partial charge in [0.15, 0.2) is 5.13 Å². The molecule has 0 aliphatic carbocycles. The van der Waals surface area contributed by atoms with E-state index in [1.807, 2.05) is 41.3 Å². The Morgan fingerprint density at radius 1 is 0.976 bits per heavy atom. The van der Waals surface area contributed by atoms with Gasteiger partial charge in [-0.15, -0.1) is 11.8 Å². The lowest BCUT2D eigenvalue weighted by Crippen LogP contribution is -2.50. The molecule has 2 N–H and O–H groups in total. The molecule has 3 amide bonds. The van der Waals surface area contributed by atoms with Crippen LogP contribution in [0.5, 0.6) is 0 Å². The molecule has 42 heavy (non-hydrogen) atoms. The molecule has 0 radical (unpaired) electrons. The zero-order valence-electron chi connectivity index (χ0n) is 23.3. The topological polar surface area (TPSA) is 123 Å². The number of rotatable bonds is 9. The lowest BCUT2D eigenvalue weighted by Gasteiger charge is -2.34. The average Bonchev–Trinajstić information content (AvgIpc) is 3.66. The molecule has 3 aromatic rings. The van der Waals surface area contributed by atoms with E-state index in [2.05, 4.69) is 10.3 Å². The number of aliphatic carboxylic acids is 1. The summed E-state index contributed by atoms with van der Waals surface area (Å²) in [5, 5.41) is 12.7. The molecule has 3 heterocycles. The summed E-state index contributed by atoms with van der Waals surface area (Å²) in [4.78, 5) is 58.6. The van der Waals surface area contributed by atoms with Gasteiger partial charge in [-0.2, -0.15) is 0 Å². The lowest BCUT2D eigenvalue weighted by molar-refractivity contribution is -0.142. The number of carbonyl (C=O) groups excluding carboxylic acids is 3. The summed E-state index contributed by atoms with van der Waals surface area (Å²) in [5.41, 5.74) is 3.11. The van der Waals surface area contributed by atoms with E-state index in [1.54, 1.807) is 46.8 Å². The monoisotopic (exact) mass is 607 g/mol. The van der Waals surface area contributed by atoms with Crippen LogP contribution in [-0.2, 0) is 21.9 Å². The first kappa shape index (κ1) is 29.7. The predicted molar refractivity (Wildman–Crippen MR) is 162 cm³/mol. The van der Waals surface area contributed by atoms with Gasteiger partial charge in [0.25, 0.3) is 11.8 Å². The number of benzene rings is 2. The Balaban J connectivity index is 1.11. The molecule has 0 spiro atoms. The van der Waals surface area contributed by atoms with E-state index >= 15 is 0 Å². The van der Waals surface area contributed by atoms with E-state index in [0.29, 0.717) is 61.2 Å². The molecule has 2 aliphatic rings. The Hall–Kier alpha value is -3.74. The third kappa shape index (κ3) is 7.36. The molecular formula is C30H33N5O5S2. The van der Waals surface area contributed by atoms with Crippen LogP contribution in [0, 0.1) is 0 Å². The smallest absolute Gasteiger partial charge is 0.320 e. The van der Waals surface area contributed by atoms with Gasteiger partial charge in [-0.1, -0.05) is 35.6 Å². The van der Waals surface area contributed by atoms with Crippen molar-refractivity contribution in [2.45, 2.75) is 42.3 Å². The highest BCUT2D eigenvalue weighted by molar-refractivity contribution is 8.00. The van der Waals surface area contributed by atoms with E-state index in [4.69, 9.17) is 0 Å². The van der Waals surface area contributed by atoms with Gasteiger partial charge in [0.05, 0.1) is 10.4 Å². The first-order valence-electron chi connectivity index (χ1n) is 13.9. The molecule has 1 aromatic heterocycles. The molecule has 5 rings (SSSR count). The third-order valence-corrected chi connectivity index (χ3v) is 9.70. The molecule has 12 heteroatoms. The van der Waals surface area contributed by atoms with E-state index in [9.17, 15) is 24.3 Å². The van der Waals surface area contributed by atoms with Gasteiger partial charge in [0.2, 0.25) is 5.91 Å². The Bertz CT molecular complexity index is 1450. The number of likely N-dealkylation sites (tertiary alicyclic amines) is 1. The van der Waals surface area contributed by atoms with E-state index in [-0.39, 0.29) is 17.7 Å². The van der Waals surface area contributed by atoms with Gasteiger partial charge < -0.3 is 14.9 Å². The lowest BCUT2D eigenvalue weighted by atomic mass is 10.1. The van der Waals surface area contributed by atoms with Gasteiger partial charge in [-0.25, -0.2) is 4.98 Å². The summed E-state index contributed by atoms with van der Waals surface area (Å²) >= 11 is 2.97. The zero-order valence-corrected chi connectivity index (χ0v) is 25.0. The van der Waals surface area contributed by atoms with Crippen molar-refractivity contribution in [1.82, 2.24) is 19.7 Å². The number of aromatic nitrogens is 1. The van der Waals surface area contributed by atoms with Gasteiger partial charge in [-0.05, 0) is 54.8 Å². The average molecular weight is 608 g/mol. The van der Waals surface area contributed by atoms with Gasteiger partial charge in [0.1, 0.15) is 6.04 Å². The number of hydrogen-bond acceptors (Lipinski definition) is 8.